The molecule has 0 aliphatic heterocycles. The highest BCUT2D eigenvalue weighted by Crippen LogP contribution is 2.22. The van der Waals surface area contributed by atoms with Gasteiger partial charge in [-0.2, -0.15) is 0 Å². The lowest BCUT2D eigenvalue weighted by Crippen LogP contribution is -2.15. The average Bonchev–Trinajstić information content (AvgIpc) is 2.90. The second-order valence-corrected chi connectivity index (χ2v) is 5.87. The zero-order valence-corrected chi connectivity index (χ0v) is 13.2. The van der Waals surface area contributed by atoms with Gasteiger partial charge in [-0.1, -0.05) is 11.6 Å². The van der Waals surface area contributed by atoms with Crippen molar-refractivity contribution in [1.29, 1.82) is 0 Å². The molecular weight excluding hydrogens is 296 g/mol. The highest BCUT2D eigenvalue weighted by atomic mass is 35.5. The van der Waals surface area contributed by atoms with Crippen molar-refractivity contribution in [2.45, 2.75) is 19.9 Å². The van der Waals surface area contributed by atoms with Gasteiger partial charge in [-0.15, -0.1) is 0 Å². The lowest BCUT2D eigenvalue weighted by Gasteiger charge is -2.03. The number of nitrogens with one attached hydrogen (secondary N) is 1. The van der Waals surface area contributed by atoms with Gasteiger partial charge in [0.1, 0.15) is 11.7 Å². The zero-order valence-electron chi connectivity index (χ0n) is 12.5. The highest BCUT2D eigenvalue weighted by Gasteiger charge is 2.07. The topological polar surface area (TPSA) is 67.1 Å². The molecule has 0 radical (unpaired) electrons. The van der Waals surface area contributed by atoms with Crippen LogP contribution in [-0.2, 0) is 0 Å². The minimum absolute atomic E-state index is 0.169. The SMILES string of the molecule is CC(C)N=C(N)c1ccc2nc(-c3ccc(Cl)cc3)[nH]c2c1. The number of aliphatic imine (C=N–C) groups is 1. The molecule has 4 nitrogen and oxygen atoms in total. The van der Waals surface area contributed by atoms with E-state index in [2.05, 4.69) is 15.0 Å². The molecule has 0 amide bonds. The molecule has 0 aliphatic rings. The van der Waals surface area contributed by atoms with Gasteiger partial charge in [-0.25, -0.2) is 4.98 Å². The van der Waals surface area contributed by atoms with E-state index in [1.807, 2.05) is 56.3 Å². The number of rotatable bonds is 3. The van der Waals surface area contributed by atoms with Crippen LogP contribution in [0.15, 0.2) is 47.5 Å². The minimum Gasteiger partial charge on any atom is -0.383 e. The lowest BCUT2D eigenvalue weighted by atomic mass is 10.2. The number of H-pyrrole nitrogens is 1. The van der Waals surface area contributed by atoms with Crippen LogP contribution < -0.4 is 5.73 Å². The fourth-order valence-corrected chi connectivity index (χ4v) is 2.39. The molecule has 3 aromatic rings. The Morgan fingerprint density at radius 2 is 1.91 bits per heavy atom. The third-order valence-electron chi connectivity index (χ3n) is 3.29. The summed E-state index contributed by atoms with van der Waals surface area (Å²) >= 11 is 5.92. The number of benzene rings is 2. The Bertz CT molecular complexity index is 831. The molecule has 0 bridgehead atoms. The Labute approximate surface area is 134 Å². The van der Waals surface area contributed by atoms with Crippen LogP contribution in [0.25, 0.3) is 22.4 Å². The minimum atomic E-state index is 0.169. The smallest absolute Gasteiger partial charge is 0.138 e. The third kappa shape index (κ3) is 2.97. The molecule has 0 aliphatic carbocycles. The van der Waals surface area contributed by atoms with Crippen molar-refractivity contribution in [2.75, 3.05) is 0 Å². The largest absolute Gasteiger partial charge is 0.383 e. The first-order valence-corrected chi connectivity index (χ1v) is 7.50. The molecule has 1 heterocycles. The molecule has 0 atom stereocenters. The molecule has 5 heteroatoms. The van der Waals surface area contributed by atoms with Crippen molar-refractivity contribution < 1.29 is 0 Å². The molecule has 22 heavy (non-hydrogen) atoms. The summed E-state index contributed by atoms with van der Waals surface area (Å²) in [5.74, 6) is 1.35. The fourth-order valence-electron chi connectivity index (χ4n) is 2.27. The van der Waals surface area contributed by atoms with Crippen molar-refractivity contribution in [3.8, 4) is 11.4 Å². The quantitative estimate of drug-likeness (QED) is 0.567. The predicted octanol–water partition coefficient (Wildman–Crippen LogP) is 4.00. The molecule has 3 N–H and O–H groups in total. The molecule has 0 fully saturated rings. The number of nitrogens with zero attached hydrogens (tertiary/aromatic N) is 2. The van der Waals surface area contributed by atoms with E-state index in [0.717, 1.165) is 28.0 Å². The van der Waals surface area contributed by atoms with Crippen LogP contribution in [0.5, 0.6) is 0 Å². The number of hydrogen-bond donors (Lipinski definition) is 2. The van der Waals surface area contributed by atoms with Crippen molar-refractivity contribution >= 4 is 28.5 Å². The van der Waals surface area contributed by atoms with Gasteiger partial charge in [0.25, 0.3) is 0 Å². The average molecular weight is 313 g/mol. The van der Waals surface area contributed by atoms with Crippen LogP contribution in [-0.4, -0.2) is 21.8 Å². The Morgan fingerprint density at radius 1 is 1.18 bits per heavy atom. The Balaban J connectivity index is 2.02. The van der Waals surface area contributed by atoms with Crippen molar-refractivity contribution in [1.82, 2.24) is 9.97 Å². The molecule has 1 aromatic heterocycles. The molecule has 2 aromatic carbocycles. The third-order valence-corrected chi connectivity index (χ3v) is 3.54. The Kier molecular flexibility index (Phi) is 3.86. The predicted molar refractivity (Wildman–Crippen MR) is 92.4 cm³/mol. The first-order valence-electron chi connectivity index (χ1n) is 7.12. The van der Waals surface area contributed by atoms with Crippen LogP contribution >= 0.6 is 11.6 Å². The summed E-state index contributed by atoms with van der Waals surface area (Å²) in [5.41, 5.74) is 9.74. The maximum absolute atomic E-state index is 6.02. The Morgan fingerprint density at radius 3 is 2.59 bits per heavy atom. The second-order valence-electron chi connectivity index (χ2n) is 5.43. The Hall–Kier alpha value is -2.33. The van der Waals surface area contributed by atoms with E-state index in [1.165, 1.54) is 0 Å². The monoisotopic (exact) mass is 312 g/mol. The number of imidazole rings is 1. The number of nitrogens with two attached hydrogens (primary N) is 1. The molecule has 112 valence electrons. The number of aromatic nitrogens is 2. The number of hydrogen-bond acceptors (Lipinski definition) is 2. The highest BCUT2D eigenvalue weighted by molar-refractivity contribution is 6.30. The van der Waals surface area contributed by atoms with Crippen LogP contribution in [0.2, 0.25) is 5.02 Å². The van der Waals surface area contributed by atoms with Crippen molar-refractivity contribution in [3.63, 3.8) is 0 Å². The van der Waals surface area contributed by atoms with Gasteiger partial charge in [-0.05, 0) is 56.3 Å². The number of fused-ring (bicyclic) bond motifs is 1. The molecule has 0 spiro atoms. The molecule has 0 saturated carbocycles. The number of halogens is 1. The number of amidine groups is 1. The van der Waals surface area contributed by atoms with Gasteiger partial charge >= 0.3 is 0 Å². The summed E-state index contributed by atoms with van der Waals surface area (Å²) < 4.78 is 0. The van der Waals surface area contributed by atoms with Crippen molar-refractivity contribution in [3.05, 3.63) is 53.1 Å². The van der Waals surface area contributed by atoms with Crippen LogP contribution in [0.1, 0.15) is 19.4 Å². The zero-order chi connectivity index (χ0) is 15.7. The van der Waals surface area contributed by atoms with Gasteiger partial charge in [0.2, 0.25) is 0 Å². The first-order chi connectivity index (χ1) is 10.5. The summed E-state index contributed by atoms with van der Waals surface area (Å²) in [6.45, 7) is 4.00. The van der Waals surface area contributed by atoms with E-state index in [1.54, 1.807) is 0 Å². The van der Waals surface area contributed by atoms with Crippen LogP contribution in [0.4, 0.5) is 0 Å². The van der Waals surface area contributed by atoms with E-state index in [0.29, 0.717) is 10.9 Å². The summed E-state index contributed by atoms with van der Waals surface area (Å²) in [6.07, 6.45) is 0. The summed E-state index contributed by atoms with van der Waals surface area (Å²) in [5, 5.41) is 0.708. The van der Waals surface area contributed by atoms with E-state index >= 15 is 0 Å². The van der Waals surface area contributed by atoms with Gasteiger partial charge in [-0.3, -0.25) is 4.99 Å². The summed E-state index contributed by atoms with van der Waals surface area (Å²) in [6, 6.07) is 13.6. The maximum atomic E-state index is 6.02. The standard InChI is InChI=1S/C17H17ClN4/c1-10(2)20-16(19)12-5-8-14-15(9-12)22-17(21-14)11-3-6-13(18)7-4-11/h3-10H,1-2H3,(H2,19,20)(H,21,22). The molecule has 0 unspecified atom stereocenters. The van der Waals surface area contributed by atoms with E-state index < -0.39 is 0 Å². The van der Waals surface area contributed by atoms with Crippen LogP contribution in [0, 0.1) is 0 Å². The van der Waals surface area contributed by atoms with Gasteiger partial charge in [0, 0.05) is 22.2 Å². The molecular formula is C17H17ClN4. The maximum Gasteiger partial charge on any atom is 0.138 e. The van der Waals surface area contributed by atoms with E-state index in [-0.39, 0.29) is 6.04 Å². The van der Waals surface area contributed by atoms with E-state index in [4.69, 9.17) is 17.3 Å². The van der Waals surface area contributed by atoms with Gasteiger partial charge in [0.05, 0.1) is 11.0 Å². The first kappa shape index (κ1) is 14.6. The lowest BCUT2D eigenvalue weighted by molar-refractivity contribution is 0.834. The molecule has 3 rings (SSSR count). The molecule has 0 saturated heterocycles. The van der Waals surface area contributed by atoms with E-state index in [9.17, 15) is 0 Å². The normalized spacial score (nSPS) is 12.3. The summed E-state index contributed by atoms with van der Waals surface area (Å²) in [4.78, 5) is 12.3. The summed E-state index contributed by atoms with van der Waals surface area (Å²) in [7, 11) is 0. The van der Waals surface area contributed by atoms with Crippen molar-refractivity contribution in [2.24, 2.45) is 10.7 Å². The van der Waals surface area contributed by atoms with Crippen LogP contribution in [0.3, 0.4) is 0 Å². The fraction of sp³-hybridized carbons (Fsp3) is 0.176. The second kappa shape index (κ2) is 5.81. The number of aromatic amines is 1. The van der Waals surface area contributed by atoms with Gasteiger partial charge in [0.15, 0.2) is 0 Å². The van der Waals surface area contributed by atoms with Gasteiger partial charge < -0.3 is 10.7 Å².